The third kappa shape index (κ3) is 4.90. The highest BCUT2D eigenvalue weighted by molar-refractivity contribution is 6.04. The number of rotatable bonds is 4. The average Bonchev–Trinajstić information content (AvgIpc) is 3.54. The molecule has 6 rings (SSSR count). The van der Waals surface area contributed by atoms with Crippen LogP contribution in [0, 0.1) is 11.8 Å². The molecule has 0 bridgehead atoms. The van der Waals surface area contributed by atoms with Gasteiger partial charge < -0.3 is 11.1 Å². The number of carbonyl (C=O) groups excluding carboxylic acids is 1. The molecule has 0 fully saturated rings. The minimum Gasteiger partial charge on any atom is -0.381 e. The second-order valence-corrected chi connectivity index (χ2v) is 9.77. The molecule has 3 N–H and O–H groups in total. The first-order chi connectivity index (χ1) is 21.0. The Labute approximate surface area is 246 Å². The highest BCUT2D eigenvalue weighted by Gasteiger charge is 2.37. The number of carbonyl (C=O) groups is 1. The van der Waals surface area contributed by atoms with Crippen molar-refractivity contribution in [2.24, 2.45) is 7.05 Å². The Bertz CT molecular complexity index is 2190. The van der Waals surface area contributed by atoms with E-state index in [1.165, 1.54) is 28.4 Å². The number of aromatic nitrogens is 7. The van der Waals surface area contributed by atoms with Crippen molar-refractivity contribution in [3.05, 3.63) is 112 Å². The molecular formula is C30H22F3N9O2. The number of para-hydroxylation sites is 1. The molecular weight excluding hydrogens is 575 g/mol. The number of nitrogen functional groups attached to an aromatic ring is 1. The Kier molecular flexibility index (Phi) is 6.85. The van der Waals surface area contributed by atoms with E-state index in [4.69, 9.17) is 10.7 Å². The summed E-state index contributed by atoms with van der Waals surface area (Å²) in [6, 6.07) is 14.2. The van der Waals surface area contributed by atoms with Gasteiger partial charge in [0.05, 0.1) is 34.4 Å². The van der Waals surface area contributed by atoms with Gasteiger partial charge in [0.2, 0.25) is 0 Å². The molecule has 0 spiro atoms. The second kappa shape index (κ2) is 10.7. The highest BCUT2D eigenvalue weighted by atomic mass is 19.4. The fraction of sp³-hybridized carbons (Fsp3) is 0.133. The van der Waals surface area contributed by atoms with Crippen molar-refractivity contribution in [2.75, 3.05) is 5.73 Å². The van der Waals surface area contributed by atoms with Gasteiger partial charge in [-0.25, -0.2) is 14.5 Å². The number of aryl methyl sites for hydroxylation is 1. The van der Waals surface area contributed by atoms with Gasteiger partial charge in [-0.05, 0) is 37.3 Å². The quantitative estimate of drug-likeness (QED) is 0.296. The third-order valence-corrected chi connectivity index (χ3v) is 6.86. The summed E-state index contributed by atoms with van der Waals surface area (Å²) in [5, 5.41) is 10.7. The lowest BCUT2D eigenvalue weighted by atomic mass is 10.1. The number of anilines is 1. The second-order valence-electron chi connectivity index (χ2n) is 9.77. The summed E-state index contributed by atoms with van der Waals surface area (Å²) in [6.45, 7) is 1.66. The van der Waals surface area contributed by atoms with E-state index < -0.39 is 29.4 Å². The zero-order valence-corrected chi connectivity index (χ0v) is 23.2. The van der Waals surface area contributed by atoms with Crippen LogP contribution in [0.15, 0.2) is 78.0 Å². The maximum absolute atomic E-state index is 14.2. The van der Waals surface area contributed by atoms with E-state index in [0.29, 0.717) is 10.4 Å². The molecule has 0 radical (unpaired) electrons. The monoisotopic (exact) mass is 597 g/mol. The van der Waals surface area contributed by atoms with E-state index >= 15 is 0 Å². The van der Waals surface area contributed by atoms with E-state index in [2.05, 4.69) is 32.3 Å². The number of halogens is 3. The molecule has 1 amide bonds. The predicted molar refractivity (Wildman–Crippen MR) is 155 cm³/mol. The van der Waals surface area contributed by atoms with Gasteiger partial charge in [0, 0.05) is 25.0 Å². The van der Waals surface area contributed by atoms with E-state index in [0.717, 1.165) is 6.20 Å². The van der Waals surface area contributed by atoms with Gasteiger partial charge in [0.25, 0.3) is 11.5 Å². The number of nitrogens with zero attached hydrogens (tertiary/aromatic N) is 7. The third-order valence-electron chi connectivity index (χ3n) is 6.86. The molecule has 220 valence electrons. The summed E-state index contributed by atoms with van der Waals surface area (Å²) < 4.78 is 44.2. The van der Waals surface area contributed by atoms with Crippen molar-refractivity contribution in [2.45, 2.75) is 19.1 Å². The van der Waals surface area contributed by atoms with Crippen molar-refractivity contribution in [3.63, 3.8) is 0 Å². The van der Waals surface area contributed by atoms with Crippen LogP contribution in [0.4, 0.5) is 19.0 Å². The first kappa shape index (κ1) is 28.2. The summed E-state index contributed by atoms with van der Waals surface area (Å²) >= 11 is 0. The van der Waals surface area contributed by atoms with Gasteiger partial charge in [-0.1, -0.05) is 36.1 Å². The topological polar surface area (TPSA) is 138 Å². The number of nitrogens with one attached hydrogen (secondary N) is 1. The molecule has 0 saturated heterocycles. The SMILES string of the molecule is CC(NC(=O)c1c(N)nn2cccnc12)c1nc2cccc(C#Cc3cnn(C)c3C(F)(F)F)c2c(=O)n1-c1ccccc1. The molecule has 4 heterocycles. The Hall–Kier alpha value is -5.97. The molecule has 0 aliphatic heterocycles. The number of hydrogen-bond donors (Lipinski definition) is 2. The van der Waals surface area contributed by atoms with E-state index in [-0.39, 0.29) is 44.9 Å². The van der Waals surface area contributed by atoms with Gasteiger partial charge >= 0.3 is 6.18 Å². The zero-order valence-electron chi connectivity index (χ0n) is 23.2. The van der Waals surface area contributed by atoms with Gasteiger partial charge in [-0.3, -0.25) is 18.8 Å². The first-order valence-electron chi connectivity index (χ1n) is 13.2. The molecule has 14 heteroatoms. The van der Waals surface area contributed by atoms with Crippen LogP contribution in [-0.4, -0.2) is 39.8 Å². The lowest BCUT2D eigenvalue weighted by Crippen LogP contribution is -2.33. The number of hydrogen-bond acceptors (Lipinski definition) is 7. The average molecular weight is 598 g/mol. The lowest BCUT2D eigenvalue weighted by Gasteiger charge is -2.20. The van der Waals surface area contributed by atoms with Crippen LogP contribution in [0.2, 0.25) is 0 Å². The summed E-state index contributed by atoms with van der Waals surface area (Å²) in [5.41, 5.74) is 5.36. The number of alkyl halides is 3. The predicted octanol–water partition coefficient (Wildman–Crippen LogP) is 3.65. The van der Waals surface area contributed by atoms with Crippen LogP contribution in [0.3, 0.4) is 0 Å². The van der Waals surface area contributed by atoms with E-state index in [9.17, 15) is 22.8 Å². The van der Waals surface area contributed by atoms with Crippen LogP contribution >= 0.6 is 0 Å². The minimum atomic E-state index is -4.67. The maximum Gasteiger partial charge on any atom is 0.434 e. The largest absolute Gasteiger partial charge is 0.434 e. The molecule has 1 unspecified atom stereocenters. The van der Waals surface area contributed by atoms with Crippen LogP contribution < -0.4 is 16.6 Å². The molecule has 44 heavy (non-hydrogen) atoms. The Morgan fingerprint density at radius 2 is 1.80 bits per heavy atom. The molecule has 0 saturated carbocycles. The fourth-order valence-corrected chi connectivity index (χ4v) is 4.92. The van der Waals surface area contributed by atoms with Crippen molar-refractivity contribution < 1.29 is 18.0 Å². The van der Waals surface area contributed by atoms with E-state index in [1.807, 2.05) is 0 Å². The molecule has 0 aliphatic carbocycles. The smallest absolute Gasteiger partial charge is 0.381 e. The summed E-state index contributed by atoms with van der Waals surface area (Å²) in [6.07, 6.45) is -0.533. The van der Waals surface area contributed by atoms with Crippen molar-refractivity contribution in [1.82, 2.24) is 39.2 Å². The van der Waals surface area contributed by atoms with Crippen molar-refractivity contribution in [1.29, 1.82) is 0 Å². The minimum absolute atomic E-state index is 0.0224. The molecule has 1 atom stereocenters. The summed E-state index contributed by atoms with van der Waals surface area (Å²) in [5.74, 6) is 4.84. The molecule has 0 aliphatic rings. The van der Waals surface area contributed by atoms with Crippen molar-refractivity contribution in [3.8, 4) is 17.5 Å². The molecule has 11 nitrogen and oxygen atoms in total. The molecule has 2 aromatic carbocycles. The first-order valence-corrected chi connectivity index (χ1v) is 13.2. The number of fused-ring (bicyclic) bond motifs is 2. The van der Waals surface area contributed by atoms with Gasteiger partial charge in [-0.15, -0.1) is 5.10 Å². The fourth-order valence-electron chi connectivity index (χ4n) is 4.92. The Morgan fingerprint density at radius 1 is 1.05 bits per heavy atom. The zero-order chi connectivity index (χ0) is 31.2. The molecule has 4 aromatic heterocycles. The summed E-state index contributed by atoms with van der Waals surface area (Å²) in [7, 11) is 1.18. The van der Waals surface area contributed by atoms with Crippen molar-refractivity contribution >= 4 is 28.3 Å². The number of benzene rings is 2. The van der Waals surface area contributed by atoms with Crippen LogP contribution in [0.5, 0.6) is 0 Å². The highest BCUT2D eigenvalue weighted by Crippen LogP contribution is 2.31. The normalized spacial score (nSPS) is 12.2. The molecule has 6 aromatic rings. The maximum atomic E-state index is 14.2. The van der Waals surface area contributed by atoms with Crippen LogP contribution in [-0.2, 0) is 13.2 Å². The van der Waals surface area contributed by atoms with Crippen LogP contribution in [0.1, 0.15) is 46.0 Å². The number of amides is 1. The standard InChI is InChI=1S/C30H22F3N9O2/c1-17(37-28(43)23-25(34)39-41-15-7-14-35-27(23)41)26-38-21-11-6-8-18(12-13-19-16-36-40(2)24(19)30(31,32)33)22(21)29(44)42(26)20-9-4-3-5-10-20/h3-11,14-17H,1-2H3,(H2,34,39)(H,37,43). The Balaban J connectivity index is 1.48. The number of nitrogens with two attached hydrogens (primary N) is 1. The van der Waals surface area contributed by atoms with Crippen LogP contribution in [0.25, 0.3) is 22.2 Å². The van der Waals surface area contributed by atoms with Gasteiger partial charge in [0.1, 0.15) is 11.4 Å². The van der Waals surface area contributed by atoms with Gasteiger partial charge in [0.15, 0.2) is 17.2 Å². The summed E-state index contributed by atoms with van der Waals surface area (Å²) in [4.78, 5) is 36.5. The van der Waals surface area contributed by atoms with E-state index in [1.54, 1.807) is 61.7 Å². The van der Waals surface area contributed by atoms with Gasteiger partial charge in [-0.2, -0.15) is 18.3 Å². The Morgan fingerprint density at radius 3 is 2.55 bits per heavy atom. The lowest BCUT2D eigenvalue weighted by molar-refractivity contribution is -0.143.